The topological polar surface area (TPSA) is 68.1 Å². The maximum Gasteiger partial charge on any atom is 0.213 e. The molecule has 0 saturated carbocycles. The van der Waals surface area contributed by atoms with Gasteiger partial charge in [-0.05, 0) is 0 Å². The molecule has 0 radical (unpaired) electrons. The Morgan fingerprint density at radius 3 is 2.68 bits per heavy atom. The summed E-state index contributed by atoms with van der Waals surface area (Å²) in [5.41, 5.74) is 0.914. The summed E-state index contributed by atoms with van der Waals surface area (Å²) >= 11 is 0. The van der Waals surface area contributed by atoms with Crippen LogP contribution in [0.1, 0.15) is 11.8 Å². The molecule has 0 amide bonds. The summed E-state index contributed by atoms with van der Waals surface area (Å²) in [6.07, 6.45) is 4.24. The van der Waals surface area contributed by atoms with Crippen LogP contribution in [0.15, 0.2) is 37.3 Å². The number of hydrogen-bond donors (Lipinski definition) is 1. The second-order valence-electron chi connectivity index (χ2n) is 3.71. The molecule has 0 aliphatic rings. The first kappa shape index (κ1) is 13.1. The Balaban J connectivity index is 2.39. The number of methoxy groups -OCH3 is 1. The van der Waals surface area contributed by atoms with Crippen LogP contribution in [0.4, 0.5) is 4.39 Å². The summed E-state index contributed by atoms with van der Waals surface area (Å²) < 4.78 is 18.6. The molecule has 1 unspecified atom stereocenters. The molecule has 1 N–H and O–H groups in total. The van der Waals surface area contributed by atoms with E-state index < -0.39 is 11.9 Å². The lowest BCUT2D eigenvalue weighted by Crippen LogP contribution is -1.99. The molecule has 1 atom stereocenters. The van der Waals surface area contributed by atoms with Crippen molar-refractivity contribution in [2.45, 2.75) is 6.10 Å². The van der Waals surface area contributed by atoms with Gasteiger partial charge in [0.25, 0.3) is 0 Å². The molecule has 2 aromatic heterocycles. The van der Waals surface area contributed by atoms with E-state index in [1.165, 1.54) is 31.6 Å². The van der Waals surface area contributed by atoms with Crippen molar-refractivity contribution < 1.29 is 14.2 Å². The number of rotatable bonds is 4. The number of aliphatic hydroxyl groups is 1. The summed E-state index contributed by atoms with van der Waals surface area (Å²) in [6.45, 7) is 3.45. The van der Waals surface area contributed by atoms with Gasteiger partial charge in [-0.3, -0.25) is 9.97 Å². The van der Waals surface area contributed by atoms with E-state index in [1.54, 1.807) is 0 Å². The van der Waals surface area contributed by atoms with Gasteiger partial charge in [0.05, 0.1) is 37.1 Å². The number of ether oxygens (including phenoxy) is 1. The van der Waals surface area contributed by atoms with Gasteiger partial charge < -0.3 is 9.84 Å². The quantitative estimate of drug-likeness (QED) is 0.851. The van der Waals surface area contributed by atoms with Crippen molar-refractivity contribution in [2.75, 3.05) is 7.11 Å². The van der Waals surface area contributed by atoms with Crippen LogP contribution in [0.3, 0.4) is 0 Å². The molecule has 0 fully saturated rings. The normalized spacial score (nSPS) is 11.9. The highest BCUT2D eigenvalue weighted by Gasteiger charge is 2.11. The second kappa shape index (κ2) is 5.53. The van der Waals surface area contributed by atoms with E-state index in [9.17, 15) is 9.50 Å². The van der Waals surface area contributed by atoms with Gasteiger partial charge in [-0.25, -0.2) is 9.37 Å². The number of halogens is 1. The van der Waals surface area contributed by atoms with Crippen LogP contribution in [-0.4, -0.2) is 27.2 Å². The van der Waals surface area contributed by atoms with Gasteiger partial charge in [0.1, 0.15) is 6.10 Å². The molecule has 2 aromatic rings. The minimum absolute atomic E-state index is 0.235. The van der Waals surface area contributed by atoms with Gasteiger partial charge in [0.2, 0.25) is 5.88 Å². The fourth-order valence-electron chi connectivity index (χ4n) is 1.48. The van der Waals surface area contributed by atoms with Crippen LogP contribution in [0.5, 0.6) is 5.88 Å². The molecule has 6 heteroatoms. The molecular formula is C13H12FN3O2. The number of aromatic nitrogens is 3. The highest BCUT2D eigenvalue weighted by atomic mass is 19.1. The van der Waals surface area contributed by atoms with E-state index in [0.717, 1.165) is 6.20 Å². The first-order valence-corrected chi connectivity index (χ1v) is 5.48. The molecule has 0 aliphatic carbocycles. The lowest BCUT2D eigenvalue weighted by atomic mass is 10.2. The molecule has 98 valence electrons. The van der Waals surface area contributed by atoms with Gasteiger partial charge in [-0.15, -0.1) is 6.58 Å². The fraction of sp³-hybridized carbons (Fsp3) is 0.154. The van der Waals surface area contributed by atoms with Gasteiger partial charge in [0, 0.05) is 11.6 Å². The summed E-state index contributed by atoms with van der Waals surface area (Å²) in [5, 5.41) is 9.50. The number of aliphatic hydroxyl groups excluding tert-OH is 1. The third kappa shape index (κ3) is 2.74. The average molecular weight is 261 g/mol. The van der Waals surface area contributed by atoms with Gasteiger partial charge in [-0.2, -0.15) is 0 Å². The molecule has 5 nitrogen and oxygen atoms in total. The third-order valence-corrected chi connectivity index (χ3v) is 2.51. The smallest absolute Gasteiger partial charge is 0.213 e. The molecule has 0 spiro atoms. The van der Waals surface area contributed by atoms with Crippen molar-refractivity contribution in [3.63, 3.8) is 0 Å². The van der Waals surface area contributed by atoms with E-state index in [1.807, 2.05) is 0 Å². The largest absolute Gasteiger partial charge is 0.481 e. The number of hydrogen-bond acceptors (Lipinski definition) is 5. The van der Waals surface area contributed by atoms with Crippen LogP contribution in [0.25, 0.3) is 11.3 Å². The first-order chi connectivity index (χ1) is 9.15. The monoisotopic (exact) mass is 261 g/mol. The summed E-state index contributed by atoms with van der Waals surface area (Å²) in [7, 11) is 1.44. The maximum atomic E-state index is 13.7. The van der Waals surface area contributed by atoms with E-state index >= 15 is 0 Å². The Bertz CT molecular complexity index is 587. The Kier molecular flexibility index (Phi) is 3.82. The number of pyridine rings is 1. The van der Waals surface area contributed by atoms with Crippen LogP contribution >= 0.6 is 0 Å². The lowest BCUT2D eigenvalue weighted by molar-refractivity contribution is 0.223. The maximum absolute atomic E-state index is 13.7. The Labute approximate surface area is 109 Å². The van der Waals surface area contributed by atoms with E-state index in [-0.39, 0.29) is 11.4 Å². The van der Waals surface area contributed by atoms with E-state index in [0.29, 0.717) is 11.4 Å². The summed E-state index contributed by atoms with van der Waals surface area (Å²) in [4.78, 5) is 11.8. The van der Waals surface area contributed by atoms with E-state index in [2.05, 4.69) is 21.5 Å². The lowest BCUT2D eigenvalue weighted by Gasteiger charge is -2.07. The van der Waals surface area contributed by atoms with Crippen LogP contribution in [-0.2, 0) is 0 Å². The SMILES string of the molecule is C=CC(O)c1cnc(-c2cc(OC)ncc2F)cn1. The predicted octanol–water partition coefficient (Wildman–Crippen LogP) is 1.91. The molecule has 2 heterocycles. The van der Waals surface area contributed by atoms with Crippen molar-refractivity contribution in [1.29, 1.82) is 0 Å². The zero-order valence-electron chi connectivity index (χ0n) is 10.2. The van der Waals surface area contributed by atoms with Crippen LogP contribution in [0, 0.1) is 5.82 Å². The van der Waals surface area contributed by atoms with Crippen molar-refractivity contribution >= 4 is 0 Å². The van der Waals surface area contributed by atoms with Crippen LogP contribution < -0.4 is 4.74 Å². The molecule has 19 heavy (non-hydrogen) atoms. The van der Waals surface area contributed by atoms with Crippen molar-refractivity contribution in [2.24, 2.45) is 0 Å². The molecule has 2 rings (SSSR count). The highest BCUT2D eigenvalue weighted by molar-refractivity contribution is 5.59. The van der Waals surface area contributed by atoms with Gasteiger partial charge in [-0.1, -0.05) is 6.08 Å². The van der Waals surface area contributed by atoms with E-state index in [4.69, 9.17) is 4.74 Å². The zero-order chi connectivity index (χ0) is 13.8. The van der Waals surface area contributed by atoms with Crippen molar-refractivity contribution in [1.82, 2.24) is 15.0 Å². The predicted molar refractivity (Wildman–Crippen MR) is 66.9 cm³/mol. The second-order valence-corrected chi connectivity index (χ2v) is 3.71. The minimum atomic E-state index is -0.890. The minimum Gasteiger partial charge on any atom is -0.481 e. The Morgan fingerprint density at radius 1 is 1.32 bits per heavy atom. The van der Waals surface area contributed by atoms with Crippen molar-refractivity contribution in [3.05, 3.63) is 48.8 Å². The highest BCUT2D eigenvalue weighted by Crippen LogP contribution is 2.23. The summed E-state index contributed by atoms with van der Waals surface area (Å²) in [6, 6.07) is 1.43. The molecule has 0 aromatic carbocycles. The third-order valence-electron chi connectivity index (χ3n) is 2.51. The average Bonchev–Trinajstić information content (AvgIpc) is 2.47. The summed E-state index contributed by atoms with van der Waals surface area (Å²) in [5.74, 6) is -0.236. The zero-order valence-corrected chi connectivity index (χ0v) is 10.2. The van der Waals surface area contributed by atoms with Crippen LogP contribution in [0.2, 0.25) is 0 Å². The molecule has 0 bridgehead atoms. The molecule has 0 aliphatic heterocycles. The number of nitrogens with zero attached hydrogens (tertiary/aromatic N) is 3. The Hall–Kier alpha value is -2.34. The fourth-order valence-corrected chi connectivity index (χ4v) is 1.48. The first-order valence-electron chi connectivity index (χ1n) is 5.48. The standard InChI is InChI=1S/C13H12FN3O2/c1-3-12(18)11-7-15-10(6-16-11)8-4-13(19-2)17-5-9(8)14/h3-7,12,18H,1H2,2H3. The molecular weight excluding hydrogens is 249 g/mol. The Morgan fingerprint density at radius 2 is 2.11 bits per heavy atom. The van der Waals surface area contributed by atoms with Gasteiger partial charge in [0.15, 0.2) is 5.82 Å². The molecule has 0 saturated heterocycles. The van der Waals surface area contributed by atoms with Gasteiger partial charge >= 0.3 is 0 Å². The van der Waals surface area contributed by atoms with Crippen molar-refractivity contribution in [3.8, 4) is 17.1 Å².